The van der Waals surface area contributed by atoms with Gasteiger partial charge >= 0.3 is 5.97 Å². The summed E-state index contributed by atoms with van der Waals surface area (Å²) < 4.78 is 20.9. The average Bonchev–Trinajstić information content (AvgIpc) is 2.66. The van der Waals surface area contributed by atoms with Crippen LogP contribution in [0, 0.1) is 12.7 Å². The highest BCUT2D eigenvalue weighted by molar-refractivity contribution is 9.10. The van der Waals surface area contributed by atoms with Crippen molar-refractivity contribution in [1.82, 2.24) is 9.78 Å². The number of carboxylic acid groups (broad SMARTS) is 1. The van der Waals surface area contributed by atoms with Crippen molar-refractivity contribution in [2.45, 2.75) is 6.92 Å². The van der Waals surface area contributed by atoms with Gasteiger partial charge in [-0.3, -0.25) is 0 Å². The van der Waals surface area contributed by atoms with Crippen molar-refractivity contribution >= 4 is 28.0 Å². The van der Waals surface area contributed by atoms with Gasteiger partial charge in [-0.25, -0.2) is 13.9 Å². The van der Waals surface area contributed by atoms with E-state index in [2.05, 4.69) is 21.0 Å². The van der Waals surface area contributed by atoms with Crippen molar-refractivity contribution in [2.24, 2.45) is 7.05 Å². The molecule has 1 aromatic heterocycles. The van der Waals surface area contributed by atoms with Gasteiger partial charge in [0.2, 0.25) is 5.88 Å². The molecule has 1 heterocycles. The standard InChI is InChI=1S/C14H12BrFN2O3/c1-8-10(4-6-13(19)20)14(18(2)17-8)21-9-3-5-11(15)12(16)7-9/h3-7H,1-2H3,(H,19,20). The first-order chi connectivity index (χ1) is 9.88. The van der Waals surface area contributed by atoms with Crippen LogP contribution in [0.1, 0.15) is 11.3 Å². The van der Waals surface area contributed by atoms with Gasteiger partial charge in [0.25, 0.3) is 0 Å². The molecule has 21 heavy (non-hydrogen) atoms. The molecule has 0 aliphatic rings. The Morgan fingerprint density at radius 1 is 1.52 bits per heavy atom. The highest BCUT2D eigenvalue weighted by atomic mass is 79.9. The van der Waals surface area contributed by atoms with Gasteiger partial charge < -0.3 is 9.84 Å². The molecule has 0 amide bonds. The first-order valence-electron chi connectivity index (χ1n) is 5.96. The van der Waals surface area contributed by atoms with E-state index in [1.54, 1.807) is 20.0 Å². The average molecular weight is 355 g/mol. The van der Waals surface area contributed by atoms with Crippen LogP contribution in [-0.2, 0) is 11.8 Å². The third-order valence-corrected chi connectivity index (χ3v) is 3.36. The largest absolute Gasteiger partial charge is 0.478 e. The van der Waals surface area contributed by atoms with Crippen LogP contribution in [0.2, 0.25) is 0 Å². The fraction of sp³-hybridized carbons (Fsp3) is 0.143. The molecule has 5 nitrogen and oxygen atoms in total. The Hall–Kier alpha value is -2.15. The molecule has 1 aromatic carbocycles. The van der Waals surface area contributed by atoms with E-state index >= 15 is 0 Å². The molecule has 0 saturated carbocycles. The molecule has 0 aliphatic carbocycles. The van der Waals surface area contributed by atoms with Crippen molar-refractivity contribution < 1.29 is 19.0 Å². The first-order valence-corrected chi connectivity index (χ1v) is 6.75. The van der Waals surface area contributed by atoms with Crippen LogP contribution in [0.15, 0.2) is 28.7 Å². The van der Waals surface area contributed by atoms with Gasteiger partial charge in [-0.05, 0) is 41.1 Å². The summed E-state index contributed by atoms with van der Waals surface area (Å²) >= 11 is 3.06. The highest BCUT2D eigenvalue weighted by Crippen LogP contribution is 2.30. The molecular weight excluding hydrogens is 343 g/mol. The first kappa shape index (κ1) is 15.2. The van der Waals surface area contributed by atoms with Gasteiger partial charge in [0.15, 0.2) is 0 Å². The predicted octanol–water partition coefficient (Wildman–Crippen LogP) is 3.52. The summed E-state index contributed by atoms with van der Waals surface area (Å²) in [6.07, 6.45) is 2.40. The van der Waals surface area contributed by atoms with E-state index in [-0.39, 0.29) is 0 Å². The molecule has 0 atom stereocenters. The van der Waals surface area contributed by atoms with Gasteiger partial charge in [-0.1, -0.05) is 0 Å². The number of hydrogen-bond donors (Lipinski definition) is 1. The summed E-state index contributed by atoms with van der Waals surface area (Å²) in [5, 5.41) is 12.9. The zero-order chi connectivity index (χ0) is 15.6. The summed E-state index contributed by atoms with van der Waals surface area (Å²) in [4.78, 5) is 10.6. The zero-order valence-electron chi connectivity index (χ0n) is 11.3. The second kappa shape index (κ2) is 6.09. The maximum atomic E-state index is 13.5. The van der Waals surface area contributed by atoms with Crippen LogP contribution >= 0.6 is 15.9 Å². The van der Waals surface area contributed by atoms with Crippen molar-refractivity contribution in [2.75, 3.05) is 0 Å². The third-order valence-electron chi connectivity index (χ3n) is 2.71. The number of halogens is 2. The number of carbonyl (C=O) groups is 1. The molecule has 0 aliphatic heterocycles. The van der Waals surface area contributed by atoms with Gasteiger partial charge in [0, 0.05) is 19.2 Å². The normalized spacial score (nSPS) is 11.0. The monoisotopic (exact) mass is 354 g/mol. The van der Waals surface area contributed by atoms with Crippen molar-refractivity contribution in [3.05, 3.63) is 45.8 Å². The molecule has 0 spiro atoms. The third kappa shape index (κ3) is 3.49. The summed E-state index contributed by atoms with van der Waals surface area (Å²) in [7, 11) is 1.66. The van der Waals surface area contributed by atoms with Crippen molar-refractivity contribution in [3.63, 3.8) is 0 Å². The van der Waals surface area contributed by atoms with E-state index in [0.717, 1.165) is 6.08 Å². The van der Waals surface area contributed by atoms with E-state index in [9.17, 15) is 9.18 Å². The van der Waals surface area contributed by atoms with E-state index < -0.39 is 11.8 Å². The lowest BCUT2D eigenvalue weighted by Crippen LogP contribution is -1.96. The van der Waals surface area contributed by atoms with Crippen LogP contribution in [0.25, 0.3) is 6.08 Å². The number of rotatable bonds is 4. The lowest BCUT2D eigenvalue weighted by Gasteiger charge is -2.07. The maximum Gasteiger partial charge on any atom is 0.328 e. The van der Waals surface area contributed by atoms with Crippen LogP contribution in [0.5, 0.6) is 11.6 Å². The SMILES string of the molecule is Cc1nn(C)c(Oc2ccc(Br)c(F)c2)c1C=CC(=O)O. The van der Waals surface area contributed by atoms with Crippen molar-refractivity contribution in [1.29, 1.82) is 0 Å². The van der Waals surface area contributed by atoms with E-state index in [0.29, 0.717) is 27.4 Å². The molecule has 110 valence electrons. The highest BCUT2D eigenvalue weighted by Gasteiger charge is 2.14. The maximum absolute atomic E-state index is 13.5. The summed E-state index contributed by atoms with van der Waals surface area (Å²) in [6.45, 7) is 1.73. The molecular formula is C14H12BrFN2O3. The molecule has 0 bridgehead atoms. The Labute approximate surface area is 128 Å². The van der Waals surface area contributed by atoms with E-state index in [1.807, 2.05) is 0 Å². The van der Waals surface area contributed by atoms with E-state index in [1.165, 1.54) is 22.9 Å². The summed E-state index contributed by atoms with van der Waals surface area (Å²) in [6, 6.07) is 4.36. The van der Waals surface area contributed by atoms with Gasteiger partial charge in [-0.2, -0.15) is 5.10 Å². The number of aliphatic carboxylic acids is 1. The summed E-state index contributed by atoms with van der Waals surface area (Å²) in [5.74, 6) is -0.886. The lowest BCUT2D eigenvalue weighted by molar-refractivity contribution is -0.131. The molecule has 2 aromatic rings. The second-order valence-electron chi connectivity index (χ2n) is 4.28. The Balaban J connectivity index is 2.39. The van der Waals surface area contributed by atoms with Crippen LogP contribution in [-0.4, -0.2) is 20.9 Å². The minimum Gasteiger partial charge on any atom is -0.478 e. The Morgan fingerprint density at radius 3 is 2.86 bits per heavy atom. The second-order valence-corrected chi connectivity index (χ2v) is 5.13. The molecule has 0 saturated heterocycles. The number of nitrogens with zero attached hydrogens (tertiary/aromatic N) is 2. The van der Waals surface area contributed by atoms with E-state index in [4.69, 9.17) is 9.84 Å². The van der Waals surface area contributed by atoms with Crippen LogP contribution in [0.3, 0.4) is 0 Å². The smallest absolute Gasteiger partial charge is 0.328 e. The quantitative estimate of drug-likeness (QED) is 0.853. The fourth-order valence-corrected chi connectivity index (χ4v) is 2.02. The van der Waals surface area contributed by atoms with Gasteiger partial charge in [0.05, 0.1) is 15.7 Å². The molecule has 0 fully saturated rings. The molecule has 0 radical (unpaired) electrons. The number of aromatic nitrogens is 2. The minimum atomic E-state index is -1.07. The number of carboxylic acids is 1. The molecule has 1 N–H and O–H groups in total. The fourth-order valence-electron chi connectivity index (χ4n) is 1.77. The molecule has 0 unspecified atom stereocenters. The van der Waals surface area contributed by atoms with Crippen molar-refractivity contribution in [3.8, 4) is 11.6 Å². The minimum absolute atomic E-state index is 0.295. The molecule has 2 rings (SSSR count). The number of benzene rings is 1. The lowest BCUT2D eigenvalue weighted by atomic mass is 10.2. The van der Waals surface area contributed by atoms with Gasteiger partial charge in [-0.15, -0.1) is 0 Å². The molecule has 7 heteroatoms. The summed E-state index contributed by atoms with van der Waals surface area (Å²) in [5.41, 5.74) is 1.14. The Morgan fingerprint density at radius 2 is 2.24 bits per heavy atom. The van der Waals surface area contributed by atoms with Crippen LogP contribution < -0.4 is 4.74 Å². The topological polar surface area (TPSA) is 64.4 Å². The number of ether oxygens (including phenoxy) is 1. The predicted molar refractivity (Wildman–Crippen MR) is 78.8 cm³/mol. The number of hydrogen-bond acceptors (Lipinski definition) is 3. The zero-order valence-corrected chi connectivity index (χ0v) is 12.9. The number of aryl methyl sites for hydroxylation is 2. The van der Waals surface area contributed by atoms with Gasteiger partial charge in [0.1, 0.15) is 11.6 Å². The Kier molecular flexibility index (Phi) is 4.42. The van der Waals surface area contributed by atoms with Crippen LogP contribution in [0.4, 0.5) is 4.39 Å². The Bertz CT molecular complexity index is 725.